The zero-order valence-corrected chi connectivity index (χ0v) is 9.50. The van der Waals surface area contributed by atoms with Crippen LogP contribution >= 0.6 is 11.3 Å². The first-order chi connectivity index (χ1) is 6.99. The van der Waals surface area contributed by atoms with E-state index in [0.717, 1.165) is 10.7 Å². The predicted octanol–water partition coefficient (Wildman–Crippen LogP) is -0.0623. The number of amides is 2. The quantitative estimate of drug-likeness (QED) is 0.782. The van der Waals surface area contributed by atoms with Crippen molar-refractivity contribution in [3.05, 3.63) is 16.1 Å². The van der Waals surface area contributed by atoms with Gasteiger partial charge in [0.2, 0.25) is 11.8 Å². The number of aryl methyl sites for hydroxylation is 1. The third-order valence-electron chi connectivity index (χ3n) is 1.82. The van der Waals surface area contributed by atoms with Gasteiger partial charge in [0.05, 0.1) is 23.7 Å². The molecular weight excluding hydrogens is 214 g/mol. The molecule has 82 valence electrons. The molecule has 0 unspecified atom stereocenters. The zero-order valence-electron chi connectivity index (χ0n) is 8.69. The molecule has 1 aromatic heterocycles. The number of likely N-dealkylation sites (N-methyl/N-ethyl adjacent to an activating group) is 1. The van der Waals surface area contributed by atoms with E-state index in [0.29, 0.717) is 0 Å². The van der Waals surface area contributed by atoms with E-state index in [1.54, 1.807) is 7.05 Å². The summed E-state index contributed by atoms with van der Waals surface area (Å²) >= 11 is 1.50. The molecule has 0 aromatic carbocycles. The SMILES string of the molecule is Cc1nc(CC(=O)N(C)CC(N)=O)cs1. The van der Waals surface area contributed by atoms with Crippen LogP contribution in [0.3, 0.4) is 0 Å². The van der Waals surface area contributed by atoms with E-state index in [4.69, 9.17) is 5.73 Å². The summed E-state index contributed by atoms with van der Waals surface area (Å²) in [4.78, 5) is 27.6. The molecule has 0 atom stereocenters. The molecular formula is C9H13N3O2S. The Kier molecular flexibility index (Phi) is 3.79. The highest BCUT2D eigenvalue weighted by atomic mass is 32.1. The van der Waals surface area contributed by atoms with E-state index in [1.165, 1.54) is 16.2 Å². The number of nitrogens with two attached hydrogens (primary N) is 1. The van der Waals surface area contributed by atoms with Gasteiger partial charge in [-0.2, -0.15) is 0 Å². The third-order valence-corrected chi connectivity index (χ3v) is 2.64. The Morgan fingerprint density at radius 1 is 1.60 bits per heavy atom. The second-order valence-corrected chi connectivity index (χ2v) is 4.31. The smallest absolute Gasteiger partial charge is 0.237 e. The largest absolute Gasteiger partial charge is 0.368 e. The normalized spacial score (nSPS) is 10.0. The monoisotopic (exact) mass is 227 g/mol. The van der Waals surface area contributed by atoms with Crippen molar-refractivity contribution in [1.29, 1.82) is 0 Å². The lowest BCUT2D eigenvalue weighted by molar-refractivity contribution is -0.133. The van der Waals surface area contributed by atoms with Crippen LogP contribution in [0.15, 0.2) is 5.38 Å². The van der Waals surface area contributed by atoms with Crippen molar-refractivity contribution in [2.24, 2.45) is 5.73 Å². The lowest BCUT2D eigenvalue weighted by Crippen LogP contribution is -2.36. The molecule has 1 rings (SSSR count). The summed E-state index contributed by atoms with van der Waals surface area (Å²) in [6.07, 6.45) is 0.216. The minimum Gasteiger partial charge on any atom is -0.368 e. The second-order valence-electron chi connectivity index (χ2n) is 3.25. The second kappa shape index (κ2) is 4.88. The highest BCUT2D eigenvalue weighted by Gasteiger charge is 2.12. The summed E-state index contributed by atoms with van der Waals surface area (Å²) < 4.78 is 0. The van der Waals surface area contributed by atoms with Gasteiger partial charge in [-0.1, -0.05) is 0 Å². The fourth-order valence-corrected chi connectivity index (χ4v) is 1.71. The van der Waals surface area contributed by atoms with Gasteiger partial charge in [0, 0.05) is 12.4 Å². The number of aromatic nitrogens is 1. The van der Waals surface area contributed by atoms with Gasteiger partial charge in [0.25, 0.3) is 0 Å². The molecule has 2 N–H and O–H groups in total. The Morgan fingerprint density at radius 3 is 2.73 bits per heavy atom. The van der Waals surface area contributed by atoms with E-state index >= 15 is 0 Å². The molecule has 0 aliphatic rings. The molecule has 0 spiro atoms. The van der Waals surface area contributed by atoms with Gasteiger partial charge < -0.3 is 10.6 Å². The van der Waals surface area contributed by atoms with Crippen molar-refractivity contribution in [2.75, 3.05) is 13.6 Å². The topological polar surface area (TPSA) is 76.3 Å². The van der Waals surface area contributed by atoms with Crippen molar-refractivity contribution < 1.29 is 9.59 Å². The molecule has 0 aliphatic heterocycles. The number of nitrogens with zero attached hydrogens (tertiary/aromatic N) is 2. The maximum absolute atomic E-state index is 11.5. The van der Waals surface area contributed by atoms with Crippen molar-refractivity contribution in [1.82, 2.24) is 9.88 Å². The molecule has 0 saturated carbocycles. The van der Waals surface area contributed by atoms with E-state index < -0.39 is 5.91 Å². The maximum Gasteiger partial charge on any atom is 0.237 e. The van der Waals surface area contributed by atoms with Crippen molar-refractivity contribution in [2.45, 2.75) is 13.3 Å². The van der Waals surface area contributed by atoms with Gasteiger partial charge in [-0.15, -0.1) is 11.3 Å². The molecule has 6 heteroatoms. The summed E-state index contributed by atoms with van der Waals surface area (Å²) in [5.41, 5.74) is 5.72. The van der Waals surface area contributed by atoms with Crippen molar-refractivity contribution in [3.8, 4) is 0 Å². The molecule has 0 saturated heterocycles. The number of carbonyl (C=O) groups excluding carboxylic acids is 2. The van der Waals surface area contributed by atoms with Gasteiger partial charge in [-0.25, -0.2) is 4.98 Å². The lowest BCUT2D eigenvalue weighted by atomic mass is 10.3. The Hall–Kier alpha value is -1.43. The van der Waals surface area contributed by atoms with Gasteiger partial charge in [0.1, 0.15) is 0 Å². The number of hydrogen-bond acceptors (Lipinski definition) is 4. The summed E-state index contributed by atoms with van der Waals surface area (Å²) in [5.74, 6) is -0.667. The number of primary amides is 1. The minimum atomic E-state index is -0.514. The van der Waals surface area contributed by atoms with E-state index in [-0.39, 0.29) is 18.9 Å². The molecule has 0 radical (unpaired) electrons. The third kappa shape index (κ3) is 3.67. The highest BCUT2D eigenvalue weighted by Crippen LogP contribution is 2.09. The van der Waals surface area contributed by atoms with Crippen molar-refractivity contribution >= 4 is 23.2 Å². The van der Waals surface area contributed by atoms with Gasteiger partial charge in [-0.3, -0.25) is 9.59 Å². The van der Waals surface area contributed by atoms with E-state index in [1.807, 2.05) is 12.3 Å². The van der Waals surface area contributed by atoms with Crippen LogP contribution in [-0.2, 0) is 16.0 Å². The Labute approximate surface area is 91.9 Å². The molecule has 0 bridgehead atoms. The number of carbonyl (C=O) groups is 2. The summed E-state index contributed by atoms with van der Waals surface area (Å²) in [7, 11) is 1.55. The maximum atomic E-state index is 11.5. The fraction of sp³-hybridized carbons (Fsp3) is 0.444. The highest BCUT2D eigenvalue weighted by molar-refractivity contribution is 7.09. The predicted molar refractivity (Wildman–Crippen MR) is 57.4 cm³/mol. The minimum absolute atomic E-state index is 0.0536. The molecule has 2 amide bonds. The average Bonchev–Trinajstić information content (AvgIpc) is 2.50. The first-order valence-electron chi connectivity index (χ1n) is 4.42. The number of hydrogen-bond donors (Lipinski definition) is 1. The number of rotatable bonds is 4. The zero-order chi connectivity index (χ0) is 11.4. The standard InChI is InChI=1S/C9H13N3O2S/c1-6-11-7(5-15-6)3-9(14)12(2)4-8(10)13/h5H,3-4H2,1-2H3,(H2,10,13). The van der Waals surface area contributed by atoms with Gasteiger partial charge in [0.15, 0.2) is 0 Å². The van der Waals surface area contributed by atoms with Crippen LogP contribution < -0.4 is 5.73 Å². The van der Waals surface area contributed by atoms with Crippen LogP contribution in [0.5, 0.6) is 0 Å². The molecule has 1 aromatic rings. The Balaban J connectivity index is 2.52. The first kappa shape index (κ1) is 11.6. The summed E-state index contributed by atoms with van der Waals surface area (Å²) in [6.45, 7) is 1.83. The molecule has 0 fully saturated rings. The lowest BCUT2D eigenvalue weighted by Gasteiger charge is -2.13. The summed E-state index contributed by atoms with van der Waals surface area (Å²) in [5, 5.41) is 2.76. The molecule has 1 heterocycles. The van der Waals surface area contributed by atoms with Crippen LogP contribution in [0.1, 0.15) is 10.7 Å². The van der Waals surface area contributed by atoms with Crippen LogP contribution in [-0.4, -0.2) is 35.3 Å². The first-order valence-corrected chi connectivity index (χ1v) is 5.30. The van der Waals surface area contributed by atoms with Gasteiger partial charge >= 0.3 is 0 Å². The Bertz CT molecular complexity index is 375. The summed E-state index contributed by atoms with van der Waals surface area (Å²) in [6, 6.07) is 0. The molecule has 0 aliphatic carbocycles. The molecule has 5 nitrogen and oxygen atoms in total. The van der Waals surface area contributed by atoms with Crippen LogP contribution in [0.4, 0.5) is 0 Å². The van der Waals surface area contributed by atoms with E-state index in [2.05, 4.69) is 4.98 Å². The average molecular weight is 227 g/mol. The number of thiazole rings is 1. The fourth-order valence-electron chi connectivity index (χ4n) is 1.10. The van der Waals surface area contributed by atoms with Gasteiger partial charge in [-0.05, 0) is 6.92 Å². The Morgan fingerprint density at radius 2 is 2.27 bits per heavy atom. The van der Waals surface area contributed by atoms with Crippen LogP contribution in [0.2, 0.25) is 0 Å². The molecule has 15 heavy (non-hydrogen) atoms. The van der Waals surface area contributed by atoms with Crippen LogP contribution in [0.25, 0.3) is 0 Å². The van der Waals surface area contributed by atoms with Crippen molar-refractivity contribution in [3.63, 3.8) is 0 Å². The van der Waals surface area contributed by atoms with E-state index in [9.17, 15) is 9.59 Å². The van der Waals surface area contributed by atoms with Crippen LogP contribution in [0, 0.1) is 6.92 Å².